The molecule has 2 rings (SSSR count). The Hall–Kier alpha value is -2.40. The van der Waals surface area contributed by atoms with Crippen LogP contribution in [0.2, 0.25) is 0 Å². The Bertz CT molecular complexity index is 932. The zero-order valence-corrected chi connectivity index (χ0v) is 19.6. The standard InChI is InChI=1S/C22H32N2O7S/c1-4-29-13-11-24(12-14-30-5-2)19-15-17(22(25)26)16-20(32(27,28)23-3)21(19)31-18-9-7-6-8-10-18/h6-7,9,15-16,23H,4-5,8,10-14H2,1-3H3,(H,25,26). The summed E-state index contributed by atoms with van der Waals surface area (Å²) in [6.07, 6.45) is 6.98. The molecule has 0 amide bonds. The number of hydrogen-bond donors (Lipinski definition) is 2. The molecule has 32 heavy (non-hydrogen) atoms. The molecule has 1 aliphatic carbocycles. The van der Waals surface area contributed by atoms with E-state index in [9.17, 15) is 18.3 Å². The Balaban J connectivity index is 2.66. The Morgan fingerprint density at radius 2 is 1.81 bits per heavy atom. The maximum atomic E-state index is 12.8. The number of rotatable bonds is 14. The average molecular weight is 469 g/mol. The van der Waals surface area contributed by atoms with Crippen molar-refractivity contribution in [2.45, 2.75) is 31.6 Å². The lowest BCUT2D eigenvalue weighted by atomic mass is 10.1. The SMILES string of the molecule is CCOCCN(CCOCC)c1cc(C(=O)O)cc(S(=O)(=O)NC)c1OC1=CC=CCC1. The number of nitrogens with zero attached hydrogens (tertiary/aromatic N) is 1. The van der Waals surface area contributed by atoms with Crippen LogP contribution in [0.3, 0.4) is 0 Å². The van der Waals surface area contributed by atoms with E-state index in [1.165, 1.54) is 13.1 Å². The predicted molar refractivity (Wildman–Crippen MR) is 122 cm³/mol. The molecule has 0 saturated heterocycles. The molecule has 0 aliphatic heterocycles. The van der Waals surface area contributed by atoms with Gasteiger partial charge < -0.3 is 24.2 Å². The Morgan fingerprint density at radius 1 is 1.16 bits per heavy atom. The molecule has 0 spiro atoms. The minimum atomic E-state index is -4.01. The zero-order chi connectivity index (χ0) is 23.6. The normalized spacial score (nSPS) is 13.7. The first-order valence-corrected chi connectivity index (χ1v) is 12.1. The molecular weight excluding hydrogens is 436 g/mol. The molecule has 9 nitrogen and oxygen atoms in total. The molecule has 0 atom stereocenters. The summed E-state index contributed by atoms with van der Waals surface area (Å²) >= 11 is 0. The fourth-order valence-electron chi connectivity index (χ4n) is 3.15. The summed E-state index contributed by atoms with van der Waals surface area (Å²) in [4.78, 5) is 13.4. The summed E-state index contributed by atoms with van der Waals surface area (Å²) in [7, 11) is -2.74. The van der Waals surface area contributed by atoms with Crippen LogP contribution in [-0.2, 0) is 19.5 Å². The Morgan fingerprint density at radius 3 is 2.31 bits per heavy atom. The fourth-order valence-corrected chi connectivity index (χ4v) is 4.04. The lowest BCUT2D eigenvalue weighted by Crippen LogP contribution is -2.32. The number of carboxylic acid groups (broad SMARTS) is 1. The molecule has 0 aromatic heterocycles. The van der Waals surface area contributed by atoms with Crippen LogP contribution in [0.5, 0.6) is 5.75 Å². The highest BCUT2D eigenvalue weighted by molar-refractivity contribution is 7.89. The van der Waals surface area contributed by atoms with Crippen molar-refractivity contribution in [3.05, 3.63) is 41.7 Å². The monoisotopic (exact) mass is 468 g/mol. The van der Waals surface area contributed by atoms with Gasteiger partial charge in [-0.25, -0.2) is 17.9 Å². The Labute approximate surface area is 189 Å². The van der Waals surface area contributed by atoms with Gasteiger partial charge in [0, 0.05) is 32.7 Å². The highest BCUT2D eigenvalue weighted by Crippen LogP contribution is 2.39. The highest BCUT2D eigenvalue weighted by Gasteiger charge is 2.28. The van der Waals surface area contributed by atoms with Crippen molar-refractivity contribution < 1.29 is 32.5 Å². The van der Waals surface area contributed by atoms with Crippen molar-refractivity contribution in [1.82, 2.24) is 4.72 Å². The van der Waals surface area contributed by atoms with Crippen LogP contribution < -0.4 is 14.4 Å². The first-order valence-electron chi connectivity index (χ1n) is 10.6. The number of carbonyl (C=O) groups is 1. The van der Waals surface area contributed by atoms with Crippen LogP contribution in [0, 0.1) is 0 Å². The molecule has 0 saturated carbocycles. The van der Waals surface area contributed by atoms with Crippen LogP contribution in [0.25, 0.3) is 0 Å². The second-order valence-corrected chi connectivity index (χ2v) is 8.77. The van der Waals surface area contributed by atoms with Gasteiger partial charge in [0.2, 0.25) is 10.0 Å². The van der Waals surface area contributed by atoms with Crippen molar-refractivity contribution in [3.63, 3.8) is 0 Å². The maximum Gasteiger partial charge on any atom is 0.335 e. The predicted octanol–water partition coefficient (Wildman–Crippen LogP) is 2.79. The maximum absolute atomic E-state index is 12.8. The minimum Gasteiger partial charge on any atom is -0.478 e. The lowest BCUT2D eigenvalue weighted by Gasteiger charge is -2.29. The van der Waals surface area contributed by atoms with E-state index in [2.05, 4.69) is 4.72 Å². The van der Waals surface area contributed by atoms with E-state index in [0.29, 0.717) is 57.4 Å². The van der Waals surface area contributed by atoms with E-state index >= 15 is 0 Å². The van der Waals surface area contributed by atoms with Gasteiger partial charge in [-0.05, 0) is 45.5 Å². The van der Waals surface area contributed by atoms with E-state index in [0.717, 1.165) is 12.5 Å². The third-order valence-electron chi connectivity index (χ3n) is 4.81. The van der Waals surface area contributed by atoms with E-state index in [4.69, 9.17) is 14.2 Å². The number of nitrogens with one attached hydrogen (secondary N) is 1. The number of anilines is 1. The molecular formula is C22H32N2O7S. The first kappa shape index (κ1) is 25.9. The summed E-state index contributed by atoms with van der Waals surface area (Å²) < 4.78 is 45.1. The van der Waals surface area contributed by atoms with Crippen molar-refractivity contribution in [1.29, 1.82) is 0 Å². The number of hydrogen-bond acceptors (Lipinski definition) is 7. The quantitative estimate of drug-likeness (QED) is 0.401. The summed E-state index contributed by atoms with van der Waals surface area (Å²) in [5.74, 6) is -0.558. The number of ether oxygens (including phenoxy) is 3. The van der Waals surface area contributed by atoms with E-state index in [1.54, 1.807) is 6.08 Å². The van der Waals surface area contributed by atoms with Gasteiger partial charge >= 0.3 is 5.97 Å². The van der Waals surface area contributed by atoms with Crippen LogP contribution in [0.15, 0.2) is 41.0 Å². The third-order valence-corrected chi connectivity index (χ3v) is 6.23. The number of benzene rings is 1. The molecule has 1 aromatic rings. The molecule has 0 fully saturated rings. The average Bonchev–Trinajstić information content (AvgIpc) is 2.79. The summed E-state index contributed by atoms with van der Waals surface area (Å²) in [5, 5.41) is 9.65. The van der Waals surface area contributed by atoms with Gasteiger partial charge in [-0.3, -0.25) is 0 Å². The van der Waals surface area contributed by atoms with Gasteiger partial charge in [0.05, 0.1) is 24.5 Å². The van der Waals surface area contributed by atoms with Crippen LogP contribution in [0.4, 0.5) is 5.69 Å². The number of aromatic carboxylic acids is 1. The molecule has 0 heterocycles. The van der Waals surface area contributed by atoms with Crippen molar-refractivity contribution in [3.8, 4) is 5.75 Å². The minimum absolute atomic E-state index is 0.0823. The van der Waals surface area contributed by atoms with Gasteiger partial charge in [0.1, 0.15) is 10.7 Å². The molecule has 1 aliphatic rings. The van der Waals surface area contributed by atoms with E-state index < -0.39 is 16.0 Å². The molecule has 10 heteroatoms. The number of sulfonamides is 1. The van der Waals surface area contributed by atoms with E-state index in [-0.39, 0.29) is 16.2 Å². The van der Waals surface area contributed by atoms with Crippen molar-refractivity contribution in [2.24, 2.45) is 0 Å². The van der Waals surface area contributed by atoms with Crippen LogP contribution >= 0.6 is 0 Å². The largest absolute Gasteiger partial charge is 0.478 e. The van der Waals surface area contributed by atoms with Gasteiger partial charge in [0.15, 0.2) is 5.75 Å². The van der Waals surface area contributed by atoms with Crippen molar-refractivity contribution >= 4 is 21.7 Å². The fraction of sp³-hybridized carbons (Fsp3) is 0.500. The second kappa shape index (κ2) is 12.6. The van der Waals surface area contributed by atoms with Gasteiger partial charge in [-0.2, -0.15) is 0 Å². The molecule has 0 radical (unpaired) electrons. The van der Waals surface area contributed by atoms with E-state index in [1.807, 2.05) is 30.9 Å². The topological polar surface area (TPSA) is 114 Å². The lowest BCUT2D eigenvalue weighted by molar-refractivity contribution is 0.0696. The first-order chi connectivity index (χ1) is 15.3. The van der Waals surface area contributed by atoms with Crippen LogP contribution in [0.1, 0.15) is 37.0 Å². The third kappa shape index (κ3) is 7.06. The molecule has 0 unspecified atom stereocenters. The van der Waals surface area contributed by atoms with Gasteiger partial charge in [0.25, 0.3) is 0 Å². The highest BCUT2D eigenvalue weighted by atomic mass is 32.2. The van der Waals surface area contributed by atoms with Crippen molar-refractivity contribution in [2.75, 3.05) is 51.5 Å². The molecule has 178 valence electrons. The smallest absolute Gasteiger partial charge is 0.335 e. The summed E-state index contributed by atoms with van der Waals surface area (Å²) in [6.45, 7) is 6.36. The Kier molecular flexibility index (Phi) is 10.2. The summed E-state index contributed by atoms with van der Waals surface area (Å²) in [6, 6.07) is 2.55. The molecule has 0 bridgehead atoms. The second-order valence-electron chi connectivity index (χ2n) is 6.92. The number of allylic oxidation sites excluding steroid dienone is 4. The van der Waals surface area contributed by atoms with Crippen LogP contribution in [-0.4, -0.2) is 66.1 Å². The summed E-state index contributed by atoms with van der Waals surface area (Å²) in [5.41, 5.74) is 0.199. The molecule has 2 N–H and O–H groups in total. The van der Waals surface area contributed by atoms with Gasteiger partial charge in [-0.1, -0.05) is 12.2 Å². The van der Waals surface area contributed by atoms with Gasteiger partial charge in [-0.15, -0.1) is 0 Å². The molecule has 1 aromatic carbocycles. The zero-order valence-electron chi connectivity index (χ0n) is 18.8. The number of carboxylic acids is 1.